The van der Waals surface area contributed by atoms with Crippen LogP contribution in [0.4, 0.5) is 68.2 Å². The SMILES string of the molecule is c1ccc(N(c2ccccc2)c2cc(-c3c4c(c(-c5cc(N(c6ccccc6)c6ccccc6)cc(N(c6ccccc6)c6ccccc6)c5)c5ccccc35)-c3ccc5c6c(ccc-4c36)CCC5)cc(N(c3ccccc3)c3ccccc3)c2)cc1. The first-order valence-corrected chi connectivity index (χ1v) is 30.3. The molecule has 0 heterocycles. The summed E-state index contributed by atoms with van der Waals surface area (Å²) in [5, 5.41) is 5.15. The third-order valence-electron chi connectivity index (χ3n) is 17.5. The predicted octanol–water partition coefficient (Wildman–Crippen LogP) is 23.3. The van der Waals surface area contributed by atoms with Gasteiger partial charge in [-0.3, -0.25) is 0 Å². The Labute approximate surface area is 509 Å². The summed E-state index contributed by atoms with van der Waals surface area (Å²) in [7, 11) is 0. The van der Waals surface area contributed by atoms with Gasteiger partial charge in [-0.25, -0.2) is 0 Å². The van der Waals surface area contributed by atoms with E-state index in [0.29, 0.717) is 0 Å². The molecule has 87 heavy (non-hydrogen) atoms. The van der Waals surface area contributed by atoms with Crippen molar-refractivity contribution in [2.45, 2.75) is 19.3 Å². The molecule has 0 atom stereocenters. The Kier molecular flexibility index (Phi) is 13.1. The molecule has 0 fully saturated rings. The third kappa shape index (κ3) is 9.18. The molecule has 0 aliphatic heterocycles. The minimum Gasteiger partial charge on any atom is -0.310 e. The third-order valence-corrected chi connectivity index (χ3v) is 17.5. The Morgan fingerprint density at radius 3 is 0.690 bits per heavy atom. The average Bonchev–Trinajstić information content (AvgIpc) is 1.85. The molecule has 0 radical (unpaired) electrons. The van der Waals surface area contributed by atoms with E-state index in [1.54, 1.807) is 0 Å². The lowest BCUT2D eigenvalue weighted by molar-refractivity contribution is 0.808. The van der Waals surface area contributed by atoms with Gasteiger partial charge in [0.15, 0.2) is 0 Å². The topological polar surface area (TPSA) is 13.0 Å². The average molecular weight is 1110 g/mol. The zero-order valence-electron chi connectivity index (χ0n) is 48.1. The summed E-state index contributed by atoms with van der Waals surface area (Å²) in [4.78, 5) is 9.67. The highest BCUT2D eigenvalue weighted by molar-refractivity contribution is 6.28. The second-order valence-corrected chi connectivity index (χ2v) is 22.7. The minimum atomic E-state index is 1.05. The molecule has 0 spiro atoms. The second-order valence-electron chi connectivity index (χ2n) is 22.7. The fourth-order valence-corrected chi connectivity index (χ4v) is 13.9. The molecule has 4 heteroatoms. The van der Waals surface area contributed by atoms with E-state index in [1.807, 2.05) is 0 Å². The van der Waals surface area contributed by atoms with Crippen LogP contribution >= 0.6 is 0 Å². The van der Waals surface area contributed by atoms with Crippen LogP contribution in [0.3, 0.4) is 0 Å². The highest BCUT2D eigenvalue weighted by Crippen LogP contribution is 2.60. The van der Waals surface area contributed by atoms with E-state index in [9.17, 15) is 0 Å². The molecule has 0 unspecified atom stereocenters. The van der Waals surface area contributed by atoms with E-state index in [1.165, 1.54) is 66.1 Å². The smallest absolute Gasteiger partial charge is 0.0488 e. The fourth-order valence-electron chi connectivity index (χ4n) is 13.9. The molecule has 14 aromatic carbocycles. The number of benzene rings is 14. The summed E-state index contributed by atoms with van der Waals surface area (Å²) in [6, 6.07) is 120. The first-order valence-electron chi connectivity index (χ1n) is 30.3. The number of hydrogen-bond donors (Lipinski definition) is 0. The van der Waals surface area contributed by atoms with Gasteiger partial charge in [0.05, 0.1) is 0 Å². The number of aryl methyl sites for hydroxylation is 2. The summed E-state index contributed by atoms with van der Waals surface area (Å²) < 4.78 is 0. The van der Waals surface area contributed by atoms with Gasteiger partial charge in [-0.2, -0.15) is 0 Å². The summed E-state index contributed by atoms with van der Waals surface area (Å²) in [5.41, 5.74) is 25.4. The second kappa shape index (κ2) is 22.1. The van der Waals surface area contributed by atoms with Crippen LogP contribution < -0.4 is 19.6 Å². The molecule has 0 saturated heterocycles. The van der Waals surface area contributed by atoms with Gasteiger partial charge in [-0.15, -0.1) is 0 Å². The molecular formula is C83H60N4. The van der Waals surface area contributed by atoms with E-state index < -0.39 is 0 Å². The first-order chi connectivity index (χ1) is 43.2. The van der Waals surface area contributed by atoms with Crippen molar-refractivity contribution in [3.63, 3.8) is 0 Å². The van der Waals surface area contributed by atoms with Gasteiger partial charge < -0.3 is 19.6 Å². The molecule has 0 amide bonds. The zero-order valence-corrected chi connectivity index (χ0v) is 48.1. The lowest BCUT2D eigenvalue weighted by Gasteiger charge is -2.31. The van der Waals surface area contributed by atoms with Gasteiger partial charge in [-0.1, -0.05) is 194 Å². The van der Waals surface area contributed by atoms with E-state index in [0.717, 1.165) is 98.6 Å². The van der Waals surface area contributed by atoms with Crippen molar-refractivity contribution in [1.82, 2.24) is 0 Å². The largest absolute Gasteiger partial charge is 0.310 e. The molecule has 14 aromatic rings. The van der Waals surface area contributed by atoms with Crippen molar-refractivity contribution in [1.29, 1.82) is 0 Å². The van der Waals surface area contributed by atoms with E-state index in [4.69, 9.17) is 0 Å². The van der Waals surface area contributed by atoms with Gasteiger partial charge in [0.1, 0.15) is 0 Å². The Hall–Kier alpha value is -11.2. The molecule has 16 rings (SSSR count). The van der Waals surface area contributed by atoms with E-state index in [-0.39, 0.29) is 0 Å². The van der Waals surface area contributed by atoms with Crippen LogP contribution in [0.1, 0.15) is 17.5 Å². The molecule has 2 aliphatic rings. The normalized spacial score (nSPS) is 12.0. The van der Waals surface area contributed by atoms with Crippen LogP contribution in [0, 0.1) is 0 Å². The molecule has 2 aliphatic carbocycles. The van der Waals surface area contributed by atoms with E-state index >= 15 is 0 Å². The van der Waals surface area contributed by atoms with Crippen LogP contribution in [-0.2, 0) is 12.8 Å². The Bertz CT molecular complexity index is 4150. The first kappa shape index (κ1) is 51.4. The standard InChI is InChI=1S/C83H60N4/c1-9-30-62(31-10-1)84(63-32-11-2-12-33-63)70-52-60(53-71(56-70)85(64-34-13-3-14-35-64)65-36-15-4-16-37-65)79-74-46-25-26-47-75(74)80(83-77-51-49-59-29-27-28-58-48-50-76(82(79)83)81(77)78(58)59)61-54-72(86(66-38-17-5-18-39-66)67-40-19-6-20-41-67)57-73(55-61)87(68-42-21-7-22-43-68)69-44-23-8-24-45-69/h1-26,30-57H,27-29H2. The molecule has 0 aromatic heterocycles. The summed E-state index contributed by atoms with van der Waals surface area (Å²) in [6.45, 7) is 0. The highest BCUT2D eigenvalue weighted by Gasteiger charge is 2.34. The number of nitrogens with zero attached hydrogens (tertiary/aromatic N) is 4. The number of hydrogen-bond acceptors (Lipinski definition) is 4. The maximum atomic E-state index is 2.47. The number of para-hydroxylation sites is 8. The van der Waals surface area contributed by atoms with Crippen molar-refractivity contribution in [3.05, 3.63) is 339 Å². The molecule has 4 nitrogen and oxygen atoms in total. The molecule has 0 saturated carbocycles. The monoisotopic (exact) mass is 1110 g/mol. The summed E-state index contributed by atoms with van der Waals surface area (Å²) >= 11 is 0. The van der Waals surface area contributed by atoms with Crippen LogP contribution in [0.15, 0.2) is 328 Å². The quantitative estimate of drug-likeness (QED) is 0.108. The maximum Gasteiger partial charge on any atom is 0.0488 e. The van der Waals surface area contributed by atoms with Crippen LogP contribution in [-0.4, -0.2) is 0 Å². The Balaban J connectivity index is 1.05. The van der Waals surface area contributed by atoms with Crippen molar-refractivity contribution in [2.24, 2.45) is 0 Å². The Morgan fingerprint density at radius 2 is 0.437 bits per heavy atom. The minimum absolute atomic E-state index is 1.05. The van der Waals surface area contributed by atoms with Gasteiger partial charge in [0, 0.05) is 68.2 Å². The lowest BCUT2D eigenvalue weighted by Crippen LogP contribution is -2.14. The van der Waals surface area contributed by atoms with E-state index in [2.05, 4.69) is 347 Å². The molecule has 0 N–H and O–H groups in total. The van der Waals surface area contributed by atoms with Crippen LogP contribution in [0.5, 0.6) is 0 Å². The Morgan fingerprint density at radius 1 is 0.195 bits per heavy atom. The van der Waals surface area contributed by atoms with Gasteiger partial charge in [0.2, 0.25) is 0 Å². The van der Waals surface area contributed by atoms with Crippen LogP contribution in [0.2, 0.25) is 0 Å². The molecule has 412 valence electrons. The van der Waals surface area contributed by atoms with Crippen molar-refractivity contribution in [2.75, 3.05) is 19.6 Å². The van der Waals surface area contributed by atoms with Gasteiger partial charge in [0.25, 0.3) is 0 Å². The fraction of sp³-hybridized carbons (Fsp3) is 0.0361. The molecular weight excluding hydrogens is 1050 g/mol. The van der Waals surface area contributed by atoms with Crippen molar-refractivity contribution < 1.29 is 0 Å². The van der Waals surface area contributed by atoms with Gasteiger partial charge >= 0.3 is 0 Å². The number of rotatable bonds is 14. The summed E-state index contributed by atoms with van der Waals surface area (Å²) in [5.74, 6) is 0. The van der Waals surface area contributed by atoms with Gasteiger partial charge in [-0.05, 0) is 230 Å². The zero-order chi connectivity index (χ0) is 57.6. The van der Waals surface area contributed by atoms with Crippen LogP contribution in [0.25, 0.3) is 66.1 Å². The predicted molar refractivity (Wildman–Crippen MR) is 368 cm³/mol. The van der Waals surface area contributed by atoms with Crippen molar-refractivity contribution in [3.8, 4) is 44.5 Å². The van der Waals surface area contributed by atoms with Crippen molar-refractivity contribution >= 4 is 89.8 Å². The highest BCUT2D eigenvalue weighted by atomic mass is 15.2. The number of fused-ring (bicyclic) bond motifs is 4. The molecule has 0 bridgehead atoms. The lowest BCUT2D eigenvalue weighted by atomic mass is 9.82. The number of anilines is 12. The maximum absolute atomic E-state index is 2.47. The summed E-state index contributed by atoms with van der Waals surface area (Å²) in [6.07, 6.45) is 3.28.